The van der Waals surface area contributed by atoms with Gasteiger partial charge in [0.2, 0.25) is 5.91 Å². The number of nitrogen functional groups attached to an aromatic ring is 1. The summed E-state index contributed by atoms with van der Waals surface area (Å²) in [4.78, 5) is 20.7. The molecule has 0 fully saturated rings. The van der Waals surface area contributed by atoms with E-state index in [-0.39, 0.29) is 43.1 Å². The highest BCUT2D eigenvalue weighted by atomic mass is 35.5. The zero-order valence-corrected chi connectivity index (χ0v) is 28.6. The molecule has 0 saturated heterocycles. The van der Waals surface area contributed by atoms with E-state index in [0.29, 0.717) is 13.1 Å². The molecule has 248 valence electrons. The van der Waals surface area contributed by atoms with Crippen LogP contribution >= 0.6 is 24.8 Å². The van der Waals surface area contributed by atoms with E-state index in [0.717, 1.165) is 68.8 Å². The van der Waals surface area contributed by atoms with Crippen molar-refractivity contribution < 1.29 is 9.53 Å². The van der Waals surface area contributed by atoms with Crippen LogP contribution < -0.4 is 20.7 Å². The number of benzene rings is 5. The van der Waals surface area contributed by atoms with Crippen molar-refractivity contribution in [3.63, 3.8) is 0 Å². The molecule has 8 nitrogen and oxygen atoms in total. The van der Waals surface area contributed by atoms with E-state index in [9.17, 15) is 4.79 Å². The van der Waals surface area contributed by atoms with Crippen molar-refractivity contribution in [1.82, 2.24) is 14.9 Å². The molecule has 1 aromatic heterocycles. The smallest absolute Gasteiger partial charge is 0.241 e. The van der Waals surface area contributed by atoms with Crippen LogP contribution in [0, 0.1) is 5.41 Å². The van der Waals surface area contributed by atoms with Gasteiger partial charge in [-0.2, -0.15) is 0 Å². The highest BCUT2D eigenvalue weighted by Gasteiger charge is 2.19. The molecule has 0 atom stereocenters. The van der Waals surface area contributed by atoms with Gasteiger partial charge in [0.15, 0.2) is 0 Å². The Morgan fingerprint density at radius 3 is 2.25 bits per heavy atom. The summed E-state index contributed by atoms with van der Waals surface area (Å²) in [5.74, 6) is 1.82. The normalized spacial score (nSPS) is 10.7. The first kappa shape index (κ1) is 36.0. The zero-order valence-electron chi connectivity index (χ0n) is 27.0. The van der Waals surface area contributed by atoms with Crippen molar-refractivity contribution >= 4 is 64.1 Å². The quantitative estimate of drug-likeness (QED) is 0.0954. The van der Waals surface area contributed by atoms with Gasteiger partial charge in [-0.15, -0.1) is 24.8 Å². The Morgan fingerprint density at radius 2 is 1.54 bits per heavy atom. The number of nitrogens with two attached hydrogens (primary N) is 1. The summed E-state index contributed by atoms with van der Waals surface area (Å²) in [6.07, 6.45) is 1.57. The van der Waals surface area contributed by atoms with Crippen LogP contribution in [0.2, 0.25) is 0 Å². The lowest BCUT2D eigenvalue weighted by Crippen LogP contribution is -2.37. The Kier molecular flexibility index (Phi) is 12.2. The number of imidazole rings is 1. The highest BCUT2D eigenvalue weighted by molar-refractivity contribution is 5.97. The van der Waals surface area contributed by atoms with Crippen LogP contribution in [-0.4, -0.2) is 34.9 Å². The van der Waals surface area contributed by atoms with E-state index in [1.807, 2.05) is 90.8 Å². The number of nitrogens with one attached hydrogen (secondary N) is 2. The maximum atomic E-state index is 13.8. The molecule has 5 aromatic carbocycles. The van der Waals surface area contributed by atoms with Gasteiger partial charge in [0.25, 0.3) is 0 Å². The first-order chi connectivity index (χ1) is 22.4. The van der Waals surface area contributed by atoms with Crippen molar-refractivity contribution in [1.29, 1.82) is 5.41 Å². The molecular weight excluding hydrogens is 643 g/mol. The summed E-state index contributed by atoms with van der Waals surface area (Å²) in [7, 11) is 3.68. The lowest BCUT2D eigenvalue weighted by molar-refractivity contribution is -0.118. The molecule has 1 heterocycles. The van der Waals surface area contributed by atoms with Crippen LogP contribution in [-0.2, 0) is 37.8 Å². The van der Waals surface area contributed by atoms with Gasteiger partial charge in [-0.25, -0.2) is 4.98 Å². The second-order valence-electron chi connectivity index (χ2n) is 11.5. The number of hydrogen-bond acceptors (Lipinski definition) is 5. The number of aromatic nitrogens is 2. The average Bonchev–Trinajstić information content (AvgIpc) is 3.40. The Labute approximate surface area is 293 Å². The number of anilines is 1. The summed E-state index contributed by atoms with van der Waals surface area (Å²) >= 11 is 0. The van der Waals surface area contributed by atoms with Crippen molar-refractivity contribution in [2.75, 3.05) is 18.6 Å². The minimum absolute atomic E-state index is 0. The van der Waals surface area contributed by atoms with E-state index >= 15 is 0 Å². The van der Waals surface area contributed by atoms with Gasteiger partial charge in [0, 0.05) is 31.3 Å². The number of hydrogen-bond donors (Lipinski definition) is 3. The van der Waals surface area contributed by atoms with E-state index in [1.54, 1.807) is 7.11 Å². The largest absolute Gasteiger partial charge is 0.497 e. The third-order valence-corrected chi connectivity index (χ3v) is 8.39. The van der Waals surface area contributed by atoms with Crippen molar-refractivity contribution in [3.8, 4) is 5.75 Å². The number of ether oxygens (including phenoxy) is 1. The molecule has 48 heavy (non-hydrogen) atoms. The first-order valence-corrected chi connectivity index (χ1v) is 15.4. The fraction of sp³-hybridized carbons (Fsp3) is 0.184. The lowest BCUT2D eigenvalue weighted by atomic mass is 10.1. The van der Waals surface area contributed by atoms with Crippen LogP contribution in [0.25, 0.3) is 21.8 Å². The molecule has 10 heteroatoms. The van der Waals surface area contributed by atoms with E-state index in [4.69, 9.17) is 20.9 Å². The third kappa shape index (κ3) is 8.33. The number of carbonyl (C=O) groups excluding carboxylic acids is 1. The predicted molar refractivity (Wildman–Crippen MR) is 200 cm³/mol. The summed E-state index contributed by atoms with van der Waals surface area (Å²) in [6, 6.07) is 36.3. The van der Waals surface area contributed by atoms with Crippen molar-refractivity contribution in [2.45, 2.75) is 25.9 Å². The van der Waals surface area contributed by atoms with Crippen molar-refractivity contribution in [2.24, 2.45) is 12.8 Å². The second kappa shape index (κ2) is 16.3. The van der Waals surface area contributed by atoms with Gasteiger partial charge in [-0.05, 0) is 70.3 Å². The number of amidine groups is 1. The number of fused-ring (bicyclic) bond motifs is 2. The van der Waals surface area contributed by atoms with E-state index in [1.165, 1.54) is 5.39 Å². The van der Waals surface area contributed by atoms with E-state index < -0.39 is 0 Å². The Morgan fingerprint density at radius 1 is 0.854 bits per heavy atom. The van der Waals surface area contributed by atoms with Crippen LogP contribution in [0.5, 0.6) is 5.75 Å². The number of rotatable bonds is 12. The minimum atomic E-state index is -0.0221. The zero-order chi connectivity index (χ0) is 32.0. The minimum Gasteiger partial charge on any atom is -0.497 e. The van der Waals surface area contributed by atoms with Crippen molar-refractivity contribution in [3.05, 3.63) is 137 Å². The molecule has 0 aliphatic carbocycles. The summed E-state index contributed by atoms with van der Waals surface area (Å²) < 4.78 is 7.38. The van der Waals surface area contributed by atoms with Crippen LogP contribution in [0.1, 0.15) is 28.1 Å². The third-order valence-electron chi connectivity index (χ3n) is 8.39. The Balaban J connectivity index is 0.00000260. The molecular formula is C38H40Cl2N6O2. The molecule has 0 radical (unpaired) electrons. The number of amides is 1. The van der Waals surface area contributed by atoms with Crippen LogP contribution in [0.4, 0.5) is 5.69 Å². The van der Waals surface area contributed by atoms with Gasteiger partial charge in [-0.3, -0.25) is 10.2 Å². The fourth-order valence-corrected chi connectivity index (χ4v) is 5.73. The number of nitrogens with zero attached hydrogens (tertiary/aromatic N) is 3. The topological polar surface area (TPSA) is 109 Å². The Bertz CT molecular complexity index is 2010. The van der Waals surface area contributed by atoms with Crippen LogP contribution in [0.15, 0.2) is 109 Å². The van der Waals surface area contributed by atoms with Gasteiger partial charge in [0.1, 0.15) is 17.4 Å². The summed E-state index contributed by atoms with van der Waals surface area (Å²) in [6.45, 7) is 1.20. The van der Waals surface area contributed by atoms with Gasteiger partial charge >= 0.3 is 0 Å². The van der Waals surface area contributed by atoms with Gasteiger partial charge in [-0.1, -0.05) is 72.8 Å². The van der Waals surface area contributed by atoms with Crippen LogP contribution in [0.3, 0.4) is 0 Å². The summed E-state index contributed by atoms with van der Waals surface area (Å²) in [5.41, 5.74) is 12.3. The number of halogens is 2. The van der Waals surface area contributed by atoms with Gasteiger partial charge in [0.05, 0.1) is 31.2 Å². The maximum absolute atomic E-state index is 13.8. The molecule has 6 rings (SSSR count). The predicted octanol–water partition coefficient (Wildman–Crippen LogP) is 6.97. The Hall–Kier alpha value is -4.89. The molecule has 0 unspecified atom stereocenters. The average molecular weight is 684 g/mol. The molecule has 1 amide bonds. The number of methoxy groups -OCH3 is 1. The molecule has 0 aliphatic rings. The molecule has 0 aliphatic heterocycles. The molecule has 4 N–H and O–H groups in total. The van der Waals surface area contributed by atoms with E-state index in [2.05, 4.69) is 40.2 Å². The molecule has 0 bridgehead atoms. The molecule has 0 saturated carbocycles. The molecule has 6 aromatic rings. The lowest BCUT2D eigenvalue weighted by Gasteiger charge is -2.24. The second-order valence-corrected chi connectivity index (χ2v) is 11.5. The van der Waals surface area contributed by atoms with Gasteiger partial charge < -0.3 is 25.3 Å². The maximum Gasteiger partial charge on any atom is 0.241 e. The number of aryl methyl sites for hydroxylation is 3. The SMILES string of the molecule is COc1ccc(CNCC(=O)N(Cc2ccc3ccccc3c2)c2ccc3c(c2)nc(CCc2ccc(C(=N)N)cc2)n3C)cc1.Cl.Cl. The standard InChI is InChI=1S/C38H38N6O2.2ClH/c1-43-35-19-16-32(22-34(35)42-36(43)20-12-26-7-14-30(15-8-26)38(39)40)44(25-28-9-13-29-5-3-4-6-31(29)21-28)37(45)24-41-23-27-10-17-33(46-2)18-11-27;;/h3-11,13-19,21-22,41H,12,20,23-25H2,1-2H3,(H3,39,40);2*1H. The number of carbonyl (C=O) groups is 1. The first-order valence-electron chi connectivity index (χ1n) is 15.4. The molecule has 0 spiro atoms. The monoisotopic (exact) mass is 682 g/mol. The fourth-order valence-electron chi connectivity index (χ4n) is 5.73. The highest BCUT2D eigenvalue weighted by Crippen LogP contribution is 2.26. The summed E-state index contributed by atoms with van der Waals surface area (Å²) in [5, 5.41) is 13.3.